The molecule has 19 heavy (non-hydrogen) atoms. The molecule has 3 heteroatoms. The molecule has 0 aliphatic rings. The van der Waals surface area contributed by atoms with E-state index in [-0.39, 0.29) is 5.91 Å². The molecule has 0 aliphatic heterocycles. The molecule has 96 valence electrons. The molecule has 1 heterocycles. The van der Waals surface area contributed by atoms with Gasteiger partial charge in [0.2, 0.25) is 0 Å². The van der Waals surface area contributed by atoms with Crippen molar-refractivity contribution in [2.24, 2.45) is 0 Å². The van der Waals surface area contributed by atoms with Crippen molar-refractivity contribution in [3.63, 3.8) is 0 Å². The zero-order valence-electron chi connectivity index (χ0n) is 10.9. The lowest BCUT2D eigenvalue weighted by molar-refractivity contribution is -0.114. The van der Waals surface area contributed by atoms with Crippen molar-refractivity contribution in [2.75, 3.05) is 11.4 Å². The second-order valence-electron chi connectivity index (χ2n) is 4.04. The molecule has 0 radical (unpaired) electrons. The maximum atomic E-state index is 12.2. The molecule has 1 aromatic heterocycles. The Morgan fingerprint density at radius 1 is 1.21 bits per heavy atom. The van der Waals surface area contributed by atoms with E-state index < -0.39 is 0 Å². The van der Waals surface area contributed by atoms with Crippen LogP contribution >= 0.6 is 0 Å². The van der Waals surface area contributed by atoms with Gasteiger partial charge in [0.25, 0.3) is 5.91 Å². The molecule has 0 saturated carbocycles. The minimum absolute atomic E-state index is 0.0300. The fourth-order valence-electron chi connectivity index (χ4n) is 1.81. The molecule has 0 unspecified atom stereocenters. The third kappa shape index (κ3) is 3.52. The molecule has 0 aliphatic carbocycles. The Morgan fingerprint density at radius 3 is 2.63 bits per heavy atom. The van der Waals surface area contributed by atoms with Gasteiger partial charge < -0.3 is 4.90 Å². The summed E-state index contributed by atoms with van der Waals surface area (Å²) >= 11 is 0. The Kier molecular flexibility index (Phi) is 4.45. The summed E-state index contributed by atoms with van der Waals surface area (Å²) in [5.41, 5.74) is 1.82. The first-order valence-corrected chi connectivity index (χ1v) is 6.26. The molecule has 0 N–H and O–H groups in total. The van der Waals surface area contributed by atoms with E-state index in [2.05, 4.69) is 4.98 Å². The van der Waals surface area contributed by atoms with E-state index >= 15 is 0 Å². The average Bonchev–Trinajstić information content (AvgIpc) is 2.48. The van der Waals surface area contributed by atoms with Crippen LogP contribution in [0.1, 0.15) is 12.5 Å². The molecule has 1 aromatic carbocycles. The summed E-state index contributed by atoms with van der Waals surface area (Å²) in [4.78, 5) is 17.9. The summed E-state index contributed by atoms with van der Waals surface area (Å²) < 4.78 is 0. The van der Waals surface area contributed by atoms with Crippen LogP contribution in [-0.4, -0.2) is 17.4 Å². The van der Waals surface area contributed by atoms with Gasteiger partial charge in [0.15, 0.2) is 0 Å². The molecule has 0 spiro atoms. The van der Waals surface area contributed by atoms with Gasteiger partial charge in [-0.05, 0) is 36.8 Å². The first kappa shape index (κ1) is 13.0. The number of nitrogens with zero attached hydrogens (tertiary/aromatic N) is 2. The summed E-state index contributed by atoms with van der Waals surface area (Å²) in [5, 5.41) is 0. The molecule has 0 bridgehead atoms. The topological polar surface area (TPSA) is 33.2 Å². The van der Waals surface area contributed by atoms with Crippen LogP contribution in [-0.2, 0) is 4.79 Å². The SMILES string of the molecule is CCN(C(=O)/C=C/c1cccnc1)c1ccccc1. The minimum Gasteiger partial charge on any atom is -0.309 e. The van der Waals surface area contributed by atoms with Crippen molar-refractivity contribution in [1.82, 2.24) is 4.98 Å². The van der Waals surface area contributed by atoms with Crippen LogP contribution in [0.2, 0.25) is 0 Å². The quantitative estimate of drug-likeness (QED) is 0.783. The first-order valence-electron chi connectivity index (χ1n) is 6.26. The highest BCUT2D eigenvalue weighted by atomic mass is 16.2. The monoisotopic (exact) mass is 252 g/mol. The lowest BCUT2D eigenvalue weighted by Gasteiger charge is -2.19. The minimum atomic E-state index is -0.0300. The maximum Gasteiger partial charge on any atom is 0.250 e. The van der Waals surface area contributed by atoms with Crippen molar-refractivity contribution in [1.29, 1.82) is 0 Å². The number of rotatable bonds is 4. The van der Waals surface area contributed by atoms with Crippen LogP contribution in [0.15, 0.2) is 60.9 Å². The van der Waals surface area contributed by atoms with E-state index in [9.17, 15) is 4.79 Å². The Balaban J connectivity index is 2.12. The fourth-order valence-corrected chi connectivity index (χ4v) is 1.81. The molecule has 0 atom stereocenters. The highest BCUT2D eigenvalue weighted by molar-refractivity contribution is 6.03. The highest BCUT2D eigenvalue weighted by Crippen LogP contribution is 2.13. The van der Waals surface area contributed by atoms with Gasteiger partial charge in [-0.15, -0.1) is 0 Å². The molecule has 0 fully saturated rings. The summed E-state index contributed by atoms with van der Waals surface area (Å²) in [7, 11) is 0. The number of pyridine rings is 1. The smallest absolute Gasteiger partial charge is 0.250 e. The van der Waals surface area contributed by atoms with Crippen LogP contribution in [0.5, 0.6) is 0 Å². The summed E-state index contributed by atoms with van der Waals surface area (Å²) in [6.07, 6.45) is 6.79. The second-order valence-corrected chi connectivity index (χ2v) is 4.04. The number of carbonyl (C=O) groups is 1. The van der Waals surface area contributed by atoms with E-state index in [0.717, 1.165) is 11.3 Å². The normalized spacial score (nSPS) is 10.6. The molecule has 2 aromatic rings. The number of benzene rings is 1. The van der Waals surface area contributed by atoms with Gasteiger partial charge in [-0.25, -0.2) is 0 Å². The predicted molar refractivity (Wildman–Crippen MR) is 77.7 cm³/mol. The van der Waals surface area contributed by atoms with Gasteiger partial charge in [0.1, 0.15) is 0 Å². The summed E-state index contributed by atoms with van der Waals surface area (Å²) in [6, 6.07) is 13.4. The van der Waals surface area contributed by atoms with Crippen molar-refractivity contribution in [2.45, 2.75) is 6.92 Å². The third-order valence-electron chi connectivity index (χ3n) is 2.75. The Hall–Kier alpha value is -2.42. The number of amides is 1. The highest BCUT2D eigenvalue weighted by Gasteiger charge is 2.09. The fraction of sp³-hybridized carbons (Fsp3) is 0.125. The molecule has 3 nitrogen and oxygen atoms in total. The number of hydrogen-bond acceptors (Lipinski definition) is 2. The van der Waals surface area contributed by atoms with E-state index in [1.165, 1.54) is 0 Å². The van der Waals surface area contributed by atoms with E-state index in [0.29, 0.717) is 6.54 Å². The summed E-state index contributed by atoms with van der Waals surface area (Å²) in [6.45, 7) is 2.60. The first-order chi connectivity index (χ1) is 9.31. The second kappa shape index (κ2) is 6.50. The number of hydrogen-bond donors (Lipinski definition) is 0. The molecule has 1 amide bonds. The number of likely N-dealkylation sites (N-methyl/N-ethyl adjacent to an activating group) is 1. The van der Waals surface area contributed by atoms with Gasteiger partial charge in [-0.3, -0.25) is 9.78 Å². The third-order valence-corrected chi connectivity index (χ3v) is 2.75. The van der Waals surface area contributed by atoms with Crippen LogP contribution in [0.3, 0.4) is 0 Å². The van der Waals surface area contributed by atoms with Gasteiger partial charge in [0.05, 0.1) is 0 Å². The average molecular weight is 252 g/mol. The lowest BCUT2D eigenvalue weighted by atomic mass is 10.2. The van der Waals surface area contributed by atoms with Crippen molar-refractivity contribution in [3.05, 3.63) is 66.5 Å². The Morgan fingerprint density at radius 2 is 2.00 bits per heavy atom. The number of anilines is 1. The lowest BCUT2D eigenvalue weighted by Crippen LogP contribution is -2.28. The van der Waals surface area contributed by atoms with Crippen LogP contribution in [0.4, 0.5) is 5.69 Å². The zero-order valence-corrected chi connectivity index (χ0v) is 10.9. The molecular weight excluding hydrogens is 236 g/mol. The van der Waals surface area contributed by atoms with E-state index in [4.69, 9.17) is 0 Å². The zero-order chi connectivity index (χ0) is 13.5. The van der Waals surface area contributed by atoms with Crippen molar-refractivity contribution in [3.8, 4) is 0 Å². The van der Waals surface area contributed by atoms with Crippen LogP contribution in [0.25, 0.3) is 6.08 Å². The Bertz CT molecular complexity index is 549. The van der Waals surface area contributed by atoms with Crippen molar-refractivity contribution < 1.29 is 4.79 Å². The Labute approximate surface area is 113 Å². The number of carbonyl (C=O) groups excluding carboxylic acids is 1. The van der Waals surface area contributed by atoms with Gasteiger partial charge >= 0.3 is 0 Å². The number of para-hydroxylation sites is 1. The standard InChI is InChI=1S/C16H16N2O/c1-2-18(15-8-4-3-5-9-15)16(19)11-10-14-7-6-12-17-13-14/h3-13H,2H2,1H3/b11-10+. The van der Waals surface area contributed by atoms with E-state index in [1.54, 1.807) is 29.4 Å². The van der Waals surface area contributed by atoms with E-state index in [1.807, 2.05) is 49.4 Å². The van der Waals surface area contributed by atoms with Crippen LogP contribution in [0, 0.1) is 0 Å². The van der Waals surface area contributed by atoms with Gasteiger partial charge in [0, 0.05) is 30.7 Å². The van der Waals surface area contributed by atoms with Crippen molar-refractivity contribution >= 4 is 17.7 Å². The van der Waals surface area contributed by atoms with Crippen LogP contribution < -0.4 is 4.90 Å². The summed E-state index contributed by atoms with van der Waals surface area (Å²) in [5.74, 6) is -0.0300. The largest absolute Gasteiger partial charge is 0.309 e. The number of aromatic nitrogens is 1. The van der Waals surface area contributed by atoms with Gasteiger partial charge in [-0.1, -0.05) is 24.3 Å². The van der Waals surface area contributed by atoms with Gasteiger partial charge in [-0.2, -0.15) is 0 Å². The molecule has 2 rings (SSSR count). The molecule has 0 saturated heterocycles. The predicted octanol–water partition coefficient (Wildman–Crippen LogP) is 3.15. The molecular formula is C16H16N2O. The maximum absolute atomic E-state index is 12.2.